The van der Waals surface area contributed by atoms with Gasteiger partial charge in [0.2, 0.25) is 5.91 Å². The van der Waals surface area contributed by atoms with E-state index in [0.29, 0.717) is 6.54 Å². The van der Waals surface area contributed by atoms with Gasteiger partial charge in [-0.3, -0.25) is 4.79 Å². The van der Waals surface area contributed by atoms with Crippen molar-refractivity contribution >= 4 is 11.9 Å². The summed E-state index contributed by atoms with van der Waals surface area (Å²) in [5.74, 6) is -0.479. The van der Waals surface area contributed by atoms with Gasteiger partial charge in [0.25, 0.3) is 0 Å². The third-order valence-corrected chi connectivity index (χ3v) is 2.39. The van der Waals surface area contributed by atoms with Gasteiger partial charge in [0.05, 0.1) is 0 Å². The number of hydrogen-bond acceptors (Lipinski definition) is 3. The molecule has 1 aliphatic rings. The number of nitrogens with two attached hydrogens (primary N) is 1. The summed E-state index contributed by atoms with van der Waals surface area (Å²) < 4.78 is 0. The minimum absolute atomic E-state index is 0.0157. The fraction of sp³-hybridized carbons (Fsp3) is 0.778. The van der Waals surface area contributed by atoms with Crippen molar-refractivity contribution < 1.29 is 9.59 Å². The molecule has 86 valence electrons. The number of primary amides is 1. The van der Waals surface area contributed by atoms with Gasteiger partial charge in [-0.2, -0.15) is 0 Å². The minimum Gasteiger partial charge on any atom is -0.368 e. The normalized spacial score (nSPS) is 19.9. The van der Waals surface area contributed by atoms with Crippen molar-refractivity contribution in [2.75, 3.05) is 26.2 Å². The highest BCUT2D eigenvalue weighted by Crippen LogP contribution is 2.08. The van der Waals surface area contributed by atoms with Gasteiger partial charge >= 0.3 is 6.03 Å². The van der Waals surface area contributed by atoms with Crippen molar-refractivity contribution in [3.8, 4) is 0 Å². The highest BCUT2D eigenvalue weighted by Gasteiger charge is 2.27. The molecule has 15 heavy (non-hydrogen) atoms. The van der Waals surface area contributed by atoms with Crippen LogP contribution in [-0.4, -0.2) is 49.1 Å². The van der Waals surface area contributed by atoms with Gasteiger partial charge in [0.15, 0.2) is 0 Å². The molecule has 6 heteroatoms. The van der Waals surface area contributed by atoms with E-state index in [1.165, 1.54) is 4.90 Å². The van der Waals surface area contributed by atoms with Crippen molar-refractivity contribution in [2.24, 2.45) is 5.73 Å². The van der Waals surface area contributed by atoms with E-state index in [-0.39, 0.29) is 18.6 Å². The first kappa shape index (κ1) is 11.8. The quantitative estimate of drug-likeness (QED) is 0.553. The zero-order valence-electron chi connectivity index (χ0n) is 8.95. The average molecular weight is 214 g/mol. The molecule has 0 aromatic carbocycles. The summed E-state index contributed by atoms with van der Waals surface area (Å²) in [6, 6.07) is -0.144. The summed E-state index contributed by atoms with van der Waals surface area (Å²) in [6.07, 6.45) is 0.865. The Kier molecular flexibility index (Phi) is 4.36. The lowest BCUT2D eigenvalue weighted by molar-refractivity contribution is -0.118. The third-order valence-electron chi connectivity index (χ3n) is 2.39. The standard InChI is InChI=1S/C9H18N4O2/c1-2-12-9(15)13(6-8(10)14)7-3-4-11-5-7/h7,11H,2-6H2,1H3,(H2,10,14)(H,12,15). The molecule has 1 unspecified atom stereocenters. The van der Waals surface area contributed by atoms with E-state index >= 15 is 0 Å². The Morgan fingerprint density at radius 2 is 2.33 bits per heavy atom. The van der Waals surface area contributed by atoms with Gasteiger partial charge in [-0.15, -0.1) is 0 Å². The van der Waals surface area contributed by atoms with E-state index in [1.807, 2.05) is 6.92 Å². The highest BCUT2D eigenvalue weighted by atomic mass is 16.2. The molecule has 0 aromatic rings. The molecule has 0 saturated carbocycles. The van der Waals surface area contributed by atoms with Gasteiger partial charge in [-0.25, -0.2) is 4.79 Å². The molecule has 3 amide bonds. The Morgan fingerprint density at radius 1 is 1.60 bits per heavy atom. The molecule has 1 heterocycles. The molecule has 1 aliphatic heterocycles. The second kappa shape index (κ2) is 5.55. The molecule has 1 atom stereocenters. The fourth-order valence-corrected chi connectivity index (χ4v) is 1.69. The molecular weight excluding hydrogens is 196 g/mol. The number of carbonyl (C=O) groups excluding carboxylic acids is 2. The van der Waals surface area contributed by atoms with E-state index in [0.717, 1.165) is 19.5 Å². The predicted molar refractivity (Wildman–Crippen MR) is 56.2 cm³/mol. The first-order valence-corrected chi connectivity index (χ1v) is 5.18. The lowest BCUT2D eigenvalue weighted by Gasteiger charge is -2.27. The number of carbonyl (C=O) groups is 2. The van der Waals surface area contributed by atoms with Gasteiger partial charge in [-0.1, -0.05) is 0 Å². The highest BCUT2D eigenvalue weighted by molar-refractivity contribution is 5.83. The largest absolute Gasteiger partial charge is 0.368 e. The second-order valence-corrected chi connectivity index (χ2v) is 3.58. The summed E-state index contributed by atoms with van der Waals surface area (Å²) >= 11 is 0. The Hall–Kier alpha value is -1.30. The summed E-state index contributed by atoms with van der Waals surface area (Å²) in [5, 5.41) is 5.83. The van der Waals surface area contributed by atoms with Crippen molar-refractivity contribution in [2.45, 2.75) is 19.4 Å². The number of nitrogens with one attached hydrogen (secondary N) is 2. The van der Waals surface area contributed by atoms with Crippen LogP contribution in [-0.2, 0) is 4.79 Å². The molecule has 0 bridgehead atoms. The molecule has 4 N–H and O–H groups in total. The first-order valence-electron chi connectivity index (χ1n) is 5.18. The van der Waals surface area contributed by atoms with Crippen LogP contribution in [0.1, 0.15) is 13.3 Å². The SMILES string of the molecule is CCNC(=O)N(CC(N)=O)C1CCNC1. The number of nitrogens with zero attached hydrogens (tertiary/aromatic N) is 1. The molecule has 0 radical (unpaired) electrons. The Morgan fingerprint density at radius 3 is 2.80 bits per heavy atom. The van der Waals surface area contributed by atoms with Crippen LogP contribution in [0.15, 0.2) is 0 Å². The maximum atomic E-state index is 11.6. The van der Waals surface area contributed by atoms with Crippen LogP contribution in [0.5, 0.6) is 0 Å². The van der Waals surface area contributed by atoms with Crippen LogP contribution in [0, 0.1) is 0 Å². The van der Waals surface area contributed by atoms with Crippen LogP contribution in [0.4, 0.5) is 4.79 Å². The van der Waals surface area contributed by atoms with Gasteiger partial charge in [0, 0.05) is 19.1 Å². The van der Waals surface area contributed by atoms with Crippen LogP contribution in [0.25, 0.3) is 0 Å². The molecular formula is C9H18N4O2. The molecule has 0 spiro atoms. The number of hydrogen-bond donors (Lipinski definition) is 3. The molecule has 1 fully saturated rings. The van der Waals surface area contributed by atoms with Crippen molar-refractivity contribution in [1.29, 1.82) is 0 Å². The first-order chi connectivity index (χ1) is 7.15. The maximum absolute atomic E-state index is 11.6. The fourth-order valence-electron chi connectivity index (χ4n) is 1.69. The van der Waals surface area contributed by atoms with E-state index in [4.69, 9.17) is 5.73 Å². The topological polar surface area (TPSA) is 87.5 Å². The third kappa shape index (κ3) is 3.39. The molecule has 0 aliphatic carbocycles. The van der Waals surface area contributed by atoms with E-state index in [1.54, 1.807) is 0 Å². The van der Waals surface area contributed by atoms with Gasteiger partial charge < -0.3 is 21.3 Å². The summed E-state index contributed by atoms with van der Waals surface area (Å²) in [6.45, 7) is 3.98. The van der Waals surface area contributed by atoms with E-state index in [2.05, 4.69) is 10.6 Å². The van der Waals surface area contributed by atoms with Crippen molar-refractivity contribution in [3.63, 3.8) is 0 Å². The zero-order valence-corrected chi connectivity index (χ0v) is 8.95. The van der Waals surface area contributed by atoms with Crippen LogP contribution < -0.4 is 16.4 Å². The van der Waals surface area contributed by atoms with E-state index in [9.17, 15) is 9.59 Å². The second-order valence-electron chi connectivity index (χ2n) is 3.58. The average Bonchev–Trinajstić information content (AvgIpc) is 2.66. The lowest BCUT2D eigenvalue weighted by atomic mass is 10.2. The van der Waals surface area contributed by atoms with Crippen LogP contribution in [0.3, 0.4) is 0 Å². The number of rotatable bonds is 4. The van der Waals surface area contributed by atoms with Crippen LogP contribution >= 0.6 is 0 Å². The number of amides is 3. The molecule has 1 rings (SSSR count). The monoisotopic (exact) mass is 214 g/mol. The molecule has 1 saturated heterocycles. The lowest BCUT2D eigenvalue weighted by Crippen LogP contribution is -2.50. The molecule has 0 aromatic heterocycles. The summed E-state index contributed by atoms with van der Waals surface area (Å²) in [4.78, 5) is 24.0. The maximum Gasteiger partial charge on any atom is 0.318 e. The zero-order chi connectivity index (χ0) is 11.3. The Labute approximate surface area is 89.2 Å². The van der Waals surface area contributed by atoms with E-state index < -0.39 is 5.91 Å². The van der Waals surface area contributed by atoms with Crippen molar-refractivity contribution in [1.82, 2.24) is 15.5 Å². The van der Waals surface area contributed by atoms with Crippen molar-refractivity contribution in [3.05, 3.63) is 0 Å². The van der Waals surface area contributed by atoms with Crippen LogP contribution in [0.2, 0.25) is 0 Å². The summed E-state index contributed by atoms with van der Waals surface area (Å²) in [7, 11) is 0. The Bertz CT molecular complexity index is 238. The predicted octanol–water partition coefficient (Wildman–Crippen LogP) is -1.13. The Balaban J connectivity index is 2.58. The number of urea groups is 1. The summed E-state index contributed by atoms with van der Waals surface area (Å²) in [5.41, 5.74) is 5.11. The molecule has 6 nitrogen and oxygen atoms in total. The van der Waals surface area contributed by atoms with Gasteiger partial charge in [0.1, 0.15) is 6.54 Å². The minimum atomic E-state index is -0.479. The smallest absolute Gasteiger partial charge is 0.318 e. The van der Waals surface area contributed by atoms with Gasteiger partial charge in [-0.05, 0) is 19.9 Å².